The minimum Gasteiger partial charge on any atom is -0.498 e. The van der Waals surface area contributed by atoms with Crippen LogP contribution >= 0.6 is 0 Å². The fourth-order valence-electron chi connectivity index (χ4n) is 7.45. The average Bonchev–Trinajstić information content (AvgIpc) is 3.00. The number of esters is 1. The first-order chi connectivity index (χ1) is 13.8. The maximum atomic E-state index is 12.1. The number of allylic oxidation sites excluding steroid dienone is 5. The Morgan fingerprint density at radius 3 is 2.59 bits per heavy atom. The van der Waals surface area contributed by atoms with Crippen LogP contribution in [-0.4, -0.2) is 19.2 Å². The van der Waals surface area contributed by atoms with Gasteiger partial charge in [-0.2, -0.15) is 0 Å². The Hall–Kier alpha value is -1.51. The molecule has 0 heterocycles. The summed E-state index contributed by atoms with van der Waals surface area (Å²) >= 11 is 0. The lowest BCUT2D eigenvalue weighted by molar-refractivity contribution is -0.137. The van der Waals surface area contributed by atoms with Crippen molar-refractivity contribution in [2.24, 2.45) is 28.6 Å². The smallest absolute Gasteiger partial charge is 0.330 e. The minimum absolute atomic E-state index is 0.152. The number of rotatable bonds is 4. The zero-order chi connectivity index (χ0) is 20.8. The Morgan fingerprint density at radius 1 is 1.10 bits per heavy atom. The summed E-state index contributed by atoms with van der Waals surface area (Å²) in [4.78, 5) is 12.1. The first-order valence-corrected chi connectivity index (χ1v) is 11.7. The quantitative estimate of drug-likeness (QED) is 0.408. The van der Waals surface area contributed by atoms with Gasteiger partial charge < -0.3 is 9.47 Å². The minimum atomic E-state index is -0.152. The van der Waals surface area contributed by atoms with Crippen LogP contribution in [0.3, 0.4) is 0 Å². The Labute approximate surface area is 176 Å². The average molecular weight is 399 g/mol. The van der Waals surface area contributed by atoms with Crippen LogP contribution in [-0.2, 0) is 14.3 Å². The highest BCUT2D eigenvalue weighted by Gasteiger charge is 2.57. The van der Waals surface area contributed by atoms with E-state index in [0.29, 0.717) is 12.5 Å². The van der Waals surface area contributed by atoms with Gasteiger partial charge in [-0.1, -0.05) is 25.0 Å². The van der Waals surface area contributed by atoms with Gasteiger partial charge in [0, 0.05) is 12.5 Å². The van der Waals surface area contributed by atoms with E-state index >= 15 is 0 Å². The second kappa shape index (κ2) is 7.63. The molecule has 3 heteroatoms. The van der Waals surface area contributed by atoms with Crippen LogP contribution in [0.4, 0.5) is 0 Å². The molecule has 4 aliphatic carbocycles. The molecule has 0 aromatic carbocycles. The number of carbonyl (C=O) groups excluding carboxylic acids is 1. The van der Waals surface area contributed by atoms with Gasteiger partial charge >= 0.3 is 5.97 Å². The summed E-state index contributed by atoms with van der Waals surface area (Å²) < 4.78 is 11.1. The largest absolute Gasteiger partial charge is 0.498 e. The van der Waals surface area contributed by atoms with Gasteiger partial charge in [0.25, 0.3) is 0 Å². The van der Waals surface area contributed by atoms with E-state index in [1.165, 1.54) is 43.4 Å². The Kier molecular flexibility index (Phi) is 5.46. The molecule has 0 spiro atoms. The van der Waals surface area contributed by atoms with Crippen LogP contribution in [0.15, 0.2) is 34.6 Å². The maximum Gasteiger partial charge on any atom is 0.330 e. The summed E-state index contributed by atoms with van der Waals surface area (Å²) in [6.07, 6.45) is 12.5. The van der Waals surface area contributed by atoms with Crippen molar-refractivity contribution >= 4 is 5.97 Å². The van der Waals surface area contributed by atoms with Crippen molar-refractivity contribution in [1.29, 1.82) is 0 Å². The Balaban J connectivity index is 1.65. The molecule has 4 aliphatic rings. The predicted octanol–water partition coefficient (Wildman–Crippen LogP) is 6.36. The van der Waals surface area contributed by atoms with Crippen molar-refractivity contribution in [3.8, 4) is 0 Å². The Bertz CT molecular complexity index is 773. The van der Waals surface area contributed by atoms with Crippen LogP contribution < -0.4 is 0 Å². The fraction of sp³-hybridized carbons (Fsp3) is 0.731. The molecule has 29 heavy (non-hydrogen) atoms. The topological polar surface area (TPSA) is 35.5 Å². The van der Waals surface area contributed by atoms with Gasteiger partial charge in [0.2, 0.25) is 0 Å². The number of hydrogen-bond donors (Lipinski definition) is 0. The molecule has 0 amide bonds. The number of ether oxygens (including phenoxy) is 2. The molecule has 0 aromatic rings. The lowest BCUT2D eigenvalue weighted by Gasteiger charge is -2.57. The summed E-state index contributed by atoms with van der Waals surface area (Å²) in [6.45, 7) is 12.5. The monoisotopic (exact) mass is 398 g/mol. The number of carbonyl (C=O) groups is 1. The van der Waals surface area contributed by atoms with Gasteiger partial charge in [-0.15, -0.1) is 0 Å². The van der Waals surface area contributed by atoms with E-state index in [1.54, 1.807) is 11.1 Å². The van der Waals surface area contributed by atoms with Gasteiger partial charge in [-0.3, -0.25) is 0 Å². The van der Waals surface area contributed by atoms with E-state index in [9.17, 15) is 4.79 Å². The third-order valence-electron chi connectivity index (χ3n) is 8.82. The molecule has 0 radical (unpaired) electrons. The summed E-state index contributed by atoms with van der Waals surface area (Å²) in [5.74, 6) is 3.20. The highest BCUT2D eigenvalue weighted by atomic mass is 16.5. The van der Waals surface area contributed by atoms with Crippen molar-refractivity contribution in [2.75, 3.05) is 13.2 Å². The van der Waals surface area contributed by atoms with Crippen LogP contribution in [0.1, 0.15) is 79.6 Å². The van der Waals surface area contributed by atoms with E-state index in [4.69, 9.17) is 9.47 Å². The summed E-state index contributed by atoms with van der Waals surface area (Å²) in [7, 11) is 0. The highest BCUT2D eigenvalue weighted by molar-refractivity contribution is 5.83. The van der Waals surface area contributed by atoms with Gasteiger partial charge in [0.1, 0.15) is 0 Å². The van der Waals surface area contributed by atoms with Crippen molar-refractivity contribution in [3.05, 3.63) is 34.6 Å². The molecule has 160 valence electrons. The second-order valence-electron chi connectivity index (χ2n) is 10.2. The van der Waals surface area contributed by atoms with E-state index in [2.05, 4.69) is 33.8 Å². The Morgan fingerprint density at radius 2 is 1.86 bits per heavy atom. The molecule has 0 N–H and O–H groups in total. The molecule has 0 aromatic heterocycles. The number of hydrogen-bond acceptors (Lipinski definition) is 3. The lowest BCUT2D eigenvalue weighted by atomic mass is 9.47. The molecule has 4 rings (SSSR count). The summed E-state index contributed by atoms with van der Waals surface area (Å²) in [6, 6.07) is 0. The number of fused-ring (bicyclic) bond motifs is 5. The van der Waals surface area contributed by atoms with Gasteiger partial charge in [-0.25, -0.2) is 4.79 Å². The van der Waals surface area contributed by atoms with Crippen LogP contribution in [0.5, 0.6) is 0 Å². The van der Waals surface area contributed by atoms with E-state index in [0.717, 1.165) is 31.3 Å². The lowest BCUT2D eigenvalue weighted by Crippen LogP contribution is -2.49. The predicted molar refractivity (Wildman–Crippen MR) is 116 cm³/mol. The van der Waals surface area contributed by atoms with E-state index in [1.807, 2.05) is 13.0 Å². The molecule has 0 aliphatic heterocycles. The molecule has 2 saturated carbocycles. The normalized spacial score (nSPS) is 40.1. The molecule has 0 unspecified atom stereocenters. The molecule has 0 saturated heterocycles. The SMILES string of the molecule is CCOC(=O)C=C1CC[C@H]2[C@@H]3CC(C)=C4C=C(OCC)CC[C@]4(C)[C@H]3CC[C@]12C. The van der Waals surface area contributed by atoms with Crippen molar-refractivity contribution in [2.45, 2.75) is 79.6 Å². The summed E-state index contributed by atoms with van der Waals surface area (Å²) in [5, 5.41) is 0. The first-order valence-electron chi connectivity index (χ1n) is 11.7. The maximum absolute atomic E-state index is 12.1. The van der Waals surface area contributed by atoms with E-state index < -0.39 is 0 Å². The molecular weight excluding hydrogens is 360 g/mol. The van der Waals surface area contributed by atoms with Crippen LogP contribution in [0.25, 0.3) is 0 Å². The van der Waals surface area contributed by atoms with Gasteiger partial charge in [0.15, 0.2) is 0 Å². The third-order valence-corrected chi connectivity index (χ3v) is 8.82. The molecule has 0 bridgehead atoms. The first kappa shape index (κ1) is 20.8. The zero-order valence-electron chi connectivity index (χ0n) is 19.0. The van der Waals surface area contributed by atoms with Crippen molar-refractivity contribution < 1.29 is 14.3 Å². The van der Waals surface area contributed by atoms with Crippen LogP contribution in [0.2, 0.25) is 0 Å². The molecule has 3 nitrogen and oxygen atoms in total. The molecule has 5 atom stereocenters. The summed E-state index contributed by atoms with van der Waals surface area (Å²) in [5.41, 5.74) is 4.93. The zero-order valence-corrected chi connectivity index (χ0v) is 19.0. The van der Waals surface area contributed by atoms with Crippen LogP contribution in [0, 0.1) is 28.6 Å². The van der Waals surface area contributed by atoms with E-state index in [-0.39, 0.29) is 16.8 Å². The molecule has 2 fully saturated rings. The fourth-order valence-corrected chi connectivity index (χ4v) is 7.45. The second-order valence-corrected chi connectivity index (χ2v) is 10.2. The van der Waals surface area contributed by atoms with Crippen molar-refractivity contribution in [1.82, 2.24) is 0 Å². The third kappa shape index (κ3) is 3.29. The highest BCUT2D eigenvalue weighted by Crippen LogP contribution is 2.66. The van der Waals surface area contributed by atoms with Gasteiger partial charge in [-0.05, 0) is 99.5 Å². The van der Waals surface area contributed by atoms with Crippen molar-refractivity contribution in [3.63, 3.8) is 0 Å². The van der Waals surface area contributed by atoms with Gasteiger partial charge in [0.05, 0.1) is 19.0 Å². The molecular formula is C26H38O3. The standard InChI is InChI=1S/C26H38O3/c1-6-28-19-10-12-26(5)22-11-13-25(4)18(15-24(27)29-7-2)8-9-21(25)20(22)14-17(3)23(26)16-19/h15-16,20-22H,6-14H2,1-5H3/t20-,21-,22-,25+,26+/m0/s1.